The summed E-state index contributed by atoms with van der Waals surface area (Å²) in [5.74, 6) is 0. The summed E-state index contributed by atoms with van der Waals surface area (Å²) in [6.45, 7) is 0. The highest BCUT2D eigenvalue weighted by Crippen LogP contribution is 2.26. The minimum atomic E-state index is -1.45. The number of aliphatic hydroxyl groups is 1. The Morgan fingerprint density at radius 3 is 2.54 bits per heavy atom. The van der Waals surface area contributed by atoms with E-state index in [1.807, 2.05) is 0 Å². The largest absolute Gasteiger partial charge is 0.362 e. The van der Waals surface area contributed by atoms with Crippen molar-refractivity contribution in [2.75, 3.05) is 0 Å². The van der Waals surface area contributed by atoms with E-state index in [2.05, 4.69) is 9.93 Å². The summed E-state index contributed by atoms with van der Waals surface area (Å²) in [7, 11) is 0. The Labute approximate surface area is 84.1 Å². The number of halogens is 2. The van der Waals surface area contributed by atoms with Gasteiger partial charge in [-0.15, -0.1) is 0 Å². The van der Waals surface area contributed by atoms with Gasteiger partial charge in [-0.1, -0.05) is 34.3 Å². The van der Waals surface area contributed by atoms with Crippen LogP contribution in [0, 0.1) is 0 Å². The van der Waals surface area contributed by atoms with Crippen molar-refractivity contribution in [1.82, 2.24) is 0 Å². The van der Waals surface area contributed by atoms with E-state index in [0.29, 0.717) is 5.02 Å². The second-order valence-corrected chi connectivity index (χ2v) is 3.03. The molecule has 2 N–H and O–H groups in total. The highest BCUT2D eigenvalue weighted by molar-refractivity contribution is 6.35. The summed E-state index contributed by atoms with van der Waals surface area (Å²) in [5, 5.41) is 21.0. The van der Waals surface area contributed by atoms with Crippen molar-refractivity contribution in [3.63, 3.8) is 0 Å². The van der Waals surface area contributed by atoms with Crippen LogP contribution in [-0.2, 0) is 9.93 Å². The maximum absolute atomic E-state index is 9.16. The second kappa shape index (κ2) is 4.76. The molecule has 1 aromatic carbocycles. The van der Waals surface area contributed by atoms with Crippen molar-refractivity contribution in [2.45, 2.75) is 6.29 Å². The van der Waals surface area contributed by atoms with Crippen LogP contribution in [0.2, 0.25) is 10.0 Å². The number of rotatable bonds is 3. The first-order valence-electron chi connectivity index (χ1n) is 3.25. The van der Waals surface area contributed by atoms with E-state index in [1.54, 1.807) is 0 Å². The van der Waals surface area contributed by atoms with E-state index in [0.717, 1.165) is 0 Å². The zero-order valence-corrected chi connectivity index (χ0v) is 7.79. The smallest absolute Gasteiger partial charge is 0.219 e. The third-order valence-corrected chi connectivity index (χ3v) is 1.93. The molecule has 6 heteroatoms. The summed E-state index contributed by atoms with van der Waals surface area (Å²) in [6, 6.07) is 4.41. The lowest BCUT2D eigenvalue weighted by Gasteiger charge is -2.09. The number of hydrogen-bond donors (Lipinski definition) is 2. The van der Waals surface area contributed by atoms with Gasteiger partial charge in [0.2, 0.25) is 6.29 Å². The molecule has 0 aliphatic carbocycles. The van der Waals surface area contributed by atoms with Crippen LogP contribution in [0.4, 0.5) is 0 Å². The van der Waals surface area contributed by atoms with Crippen molar-refractivity contribution in [3.05, 3.63) is 33.8 Å². The van der Waals surface area contributed by atoms with Gasteiger partial charge in [-0.05, 0) is 12.1 Å². The van der Waals surface area contributed by atoms with E-state index in [1.165, 1.54) is 18.2 Å². The molecular weight excluding hydrogens is 219 g/mol. The van der Waals surface area contributed by atoms with Gasteiger partial charge in [0.15, 0.2) is 0 Å². The average molecular weight is 225 g/mol. The fourth-order valence-electron chi connectivity index (χ4n) is 0.794. The summed E-state index contributed by atoms with van der Waals surface area (Å²) in [4.78, 5) is 4.03. The maximum atomic E-state index is 9.16. The molecule has 0 heterocycles. The third kappa shape index (κ3) is 2.80. The molecule has 0 bridgehead atoms. The molecule has 13 heavy (non-hydrogen) atoms. The van der Waals surface area contributed by atoms with Crippen molar-refractivity contribution < 1.29 is 20.3 Å². The Bertz CT molecular complexity index is 292. The van der Waals surface area contributed by atoms with E-state index in [9.17, 15) is 0 Å². The van der Waals surface area contributed by atoms with Crippen LogP contribution in [0.25, 0.3) is 0 Å². The van der Waals surface area contributed by atoms with E-state index < -0.39 is 6.29 Å². The van der Waals surface area contributed by atoms with Gasteiger partial charge >= 0.3 is 0 Å². The van der Waals surface area contributed by atoms with E-state index in [-0.39, 0.29) is 10.6 Å². The average Bonchev–Trinajstić information content (AvgIpc) is 2.04. The number of benzene rings is 1. The Morgan fingerprint density at radius 2 is 2.00 bits per heavy atom. The molecule has 0 aliphatic rings. The monoisotopic (exact) mass is 224 g/mol. The summed E-state index contributed by atoms with van der Waals surface area (Å²) >= 11 is 11.3. The quantitative estimate of drug-likeness (QED) is 0.471. The van der Waals surface area contributed by atoms with Gasteiger partial charge in [0.1, 0.15) is 0 Å². The van der Waals surface area contributed by atoms with Crippen LogP contribution < -0.4 is 0 Å². The molecule has 0 spiro atoms. The molecule has 0 aliphatic heterocycles. The van der Waals surface area contributed by atoms with Gasteiger partial charge in [0.25, 0.3) is 0 Å². The lowest BCUT2D eigenvalue weighted by molar-refractivity contribution is -0.530. The second-order valence-electron chi connectivity index (χ2n) is 2.19. The van der Waals surface area contributed by atoms with Crippen LogP contribution in [-0.4, -0.2) is 10.4 Å². The molecule has 1 aromatic rings. The van der Waals surface area contributed by atoms with Crippen LogP contribution in [0.5, 0.6) is 0 Å². The first-order valence-corrected chi connectivity index (χ1v) is 4.00. The molecule has 1 unspecified atom stereocenters. The van der Waals surface area contributed by atoms with Crippen molar-refractivity contribution >= 4 is 23.2 Å². The molecule has 0 amide bonds. The number of aliphatic hydroxyl groups excluding tert-OH is 1. The highest BCUT2D eigenvalue weighted by Gasteiger charge is 2.12. The summed E-state index contributed by atoms with van der Waals surface area (Å²) in [5.41, 5.74) is 0.250. The fourth-order valence-corrected chi connectivity index (χ4v) is 1.30. The predicted octanol–water partition coefficient (Wildman–Crippen LogP) is 2.41. The molecule has 4 nitrogen and oxygen atoms in total. The van der Waals surface area contributed by atoms with Gasteiger partial charge in [-0.2, -0.15) is 4.89 Å². The third-order valence-electron chi connectivity index (χ3n) is 1.36. The minimum Gasteiger partial charge on any atom is -0.362 e. The van der Waals surface area contributed by atoms with Crippen LogP contribution in [0.15, 0.2) is 18.2 Å². The van der Waals surface area contributed by atoms with Gasteiger partial charge in [-0.25, -0.2) is 5.26 Å². The molecule has 0 saturated heterocycles. The standard InChI is InChI=1S/C7H6Cl2O4/c8-4-1-2-5(6(9)3-4)7(10)12-13-11/h1-3,7,10-11H. The lowest BCUT2D eigenvalue weighted by atomic mass is 10.2. The van der Waals surface area contributed by atoms with E-state index >= 15 is 0 Å². The van der Waals surface area contributed by atoms with Crippen molar-refractivity contribution in [1.29, 1.82) is 0 Å². The zero-order valence-electron chi connectivity index (χ0n) is 6.28. The van der Waals surface area contributed by atoms with Crippen molar-refractivity contribution in [2.24, 2.45) is 0 Å². The minimum absolute atomic E-state index is 0.219. The molecule has 0 saturated carbocycles. The Balaban J connectivity index is 2.88. The normalized spacial score (nSPS) is 12.9. The fraction of sp³-hybridized carbons (Fsp3) is 0.143. The first-order chi connectivity index (χ1) is 6.15. The van der Waals surface area contributed by atoms with Gasteiger partial charge in [-0.3, -0.25) is 0 Å². The molecule has 72 valence electrons. The van der Waals surface area contributed by atoms with Crippen molar-refractivity contribution in [3.8, 4) is 0 Å². The SMILES string of the molecule is OOOC(O)c1ccc(Cl)cc1Cl. The maximum Gasteiger partial charge on any atom is 0.219 e. The number of hydrogen-bond acceptors (Lipinski definition) is 4. The Kier molecular flexibility index (Phi) is 3.92. The molecule has 1 rings (SSSR count). The van der Waals surface area contributed by atoms with Crippen LogP contribution in [0.3, 0.4) is 0 Å². The molecule has 0 radical (unpaired) electrons. The zero-order chi connectivity index (χ0) is 9.84. The summed E-state index contributed by atoms with van der Waals surface area (Å²) < 4.78 is 0. The Hall–Kier alpha value is -0.360. The topological polar surface area (TPSA) is 58.9 Å². The highest BCUT2D eigenvalue weighted by atomic mass is 35.5. The van der Waals surface area contributed by atoms with Gasteiger partial charge in [0, 0.05) is 10.6 Å². The van der Waals surface area contributed by atoms with Crippen LogP contribution >= 0.6 is 23.2 Å². The van der Waals surface area contributed by atoms with Crippen LogP contribution in [0.1, 0.15) is 11.9 Å². The molecule has 0 fully saturated rings. The Morgan fingerprint density at radius 1 is 1.31 bits per heavy atom. The lowest BCUT2D eigenvalue weighted by Crippen LogP contribution is -2.02. The molecular formula is C7H6Cl2O4. The van der Waals surface area contributed by atoms with Gasteiger partial charge < -0.3 is 5.11 Å². The first kappa shape index (κ1) is 10.7. The van der Waals surface area contributed by atoms with Gasteiger partial charge in [0.05, 0.1) is 5.02 Å². The molecule has 0 aromatic heterocycles. The summed E-state index contributed by atoms with van der Waals surface area (Å²) in [6.07, 6.45) is -1.45. The molecule has 1 atom stereocenters. The predicted molar refractivity (Wildman–Crippen MR) is 46.2 cm³/mol. The van der Waals surface area contributed by atoms with E-state index in [4.69, 9.17) is 33.6 Å².